The minimum atomic E-state index is 0.109. The monoisotopic (exact) mass is 219 g/mol. The standard InChI is InChI=1S/C14H21NO/c1-5-12(4)15-14(16)9-13-7-6-10(2)11(3)8-13/h6-8,12H,5,9H2,1-4H3,(H,15,16)/t12-/m0/s1. The van der Waals surface area contributed by atoms with Crippen LogP contribution in [0, 0.1) is 13.8 Å². The molecule has 0 aliphatic carbocycles. The van der Waals surface area contributed by atoms with Crippen molar-refractivity contribution in [3.63, 3.8) is 0 Å². The van der Waals surface area contributed by atoms with Crippen molar-refractivity contribution in [2.75, 3.05) is 0 Å². The average Bonchev–Trinajstić information content (AvgIpc) is 2.23. The molecule has 0 saturated carbocycles. The summed E-state index contributed by atoms with van der Waals surface area (Å²) in [5, 5.41) is 2.97. The quantitative estimate of drug-likeness (QED) is 0.829. The molecule has 0 spiro atoms. The van der Waals surface area contributed by atoms with Gasteiger partial charge < -0.3 is 5.32 Å². The number of nitrogens with one attached hydrogen (secondary N) is 1. The van der Waals surface area contributed by atoms with E-state index in [-0.39, 0.29) is 11.9 Å². The van der Waals surface area contributed by atoms with E-state index in [0.29, 0.717) is 6.42 Å². The zero-order valence-corrected chi connectivity index (χ0v) is 10.6. The van der Waals surface area contributed by atoms with Crippen LogP contribution < -0.4 is 5.32 Å². The molecule has 0 saturated heterocycles. The van der Waals surface area contributed by atoms with Crippen molar-refractivity contribution in [1.82, 2.24) is 5.32 Å². The zero-order chi connectivity index (χ0) is 12.1. The van der Waals surface area contributed by atoms with Gasteiger partial charge in [0.25, 0.3) is 0 Å². The van der Waals surface area contributed by atoms with Crippen LogP contribution >= 0.6 is 0 Å². The molecule has 0 radical (unpaired) electrons. The van der Waals surface area contributed by atoms with Crippen LogP contribution in [0.25, 0.3) is 0 Å². The lowest BCUT2D eigenvalue weighted by molar-refractivity contribution is -0.121. The molecule has 1 aromatic rings. The lowest BCUT2D eigenvalue weighted by Gasteiger charge is -2.11. The third kappa shape index (κ3) is 3.69. The zero-order valence-electron chi connectivity index (χ0n) is 10.6. The van der Waals surface area contributed by atoms with Gasteiger partial charge in [-0.1, -0.05) is 25.1 Å². The number of carbonyl (C=O) groups excluding carboxylic acids is 1. The van der Waals surface area contributed by atoms with Gasteiger partial charge in [-0.25, -0.2) is 0 Å². The second-order valence-corrected chi connectivity index (χ2v) is 4.47. The summed E-state index contributed by atoms with van der Waals surface area (Å²) < 4.78 is 0. The second-order valence-electron chi connectivity index (χ2n) is 4.47. The first-order chi connectivity index (χ1) is 7.52. The molecular weight excluding hydrogens is 198 g/mol. The van der Waals surface area contributed by atoms with Gasteiger partial charge in [0.05, 0.1) is 6.42 Å². The molecule has 0 unspecified atom stereocenters. The van der Waals surface area contributed by atoms with E-state index in [9.17, 15) is 4.79 Å². The Hall–Kier alpha value is -1.31. The summed E-state index contributed by atoms with van der Waals surface area (Å²) >= 11 is 0. The maximum absolute atomic E-state index is 11.7. The number of amides is 1. The van der Waals surface area contributed by atoms with E-state index in [1.807, 2.05) is 13.0 Å². The van der Waals surface area contributed by atoms with Crippen molar-refractivity contribution in [2.45, 2.75) is 46.6 Å². The third-order valence-electron chi connectivity index (χ3n) is 2.96. The van der Waals surface area contributed by atoms with E-state index in [1.54, 1.807) is 0 Å². The molecule has 2 nitrogen and oxygen atoms in total. The molecule has 1 N–H and O–H groups in total. The van der Waals surface area contributed by atoms with Gasteiger partial charge in [0.15, 0.2) is 0 Å². The molecule has 0 fully saturated rings. The smallest absolute Gasteiger partial charge is 0.224 e. The lowest BCUT2D eigenvalue weighted by Crippen LogP contribution is -2.33. The molecule has 0 bridgehead atoms. The Morgan fingerprint density at radius 3 is 2.56 bits per heavy atom. The summed E-state index contributed by atoms with van der Waals surface area (Å²) in [6.07, 6.45) is 1.45. The van der Waals surface area contributed by atoms with Crippen LogP contribution in [0.3, 0.4) is 0 Å². The third-order valence-corrected chi connectivity index (χ3v) is 2.96. The van der Waals surface area contributed by atoms with Crippen molar-refractivity contribution in [3.8, 4) is 0 Å². The topological polar surface area (TPSA) is 29.1 Å². The number of hydrogen-bond acceptors (Lipinski definition) is 1. The van der Waals surface area contributed by atoms with Crippen LogP contribution in [0.2, 0.25) is 0 Å². The number of hydrogen-bond donors (Lipinski definition) is 1. The van der Waals surface area contributed by atoms with Crippen LogP contribution in [0.5, 0.6) is 0 Å². The van der Waals surface area contributed by atoms with Crippen LogP contribution in [-0.4, -0.2) is 11.9 Å². The molecule has 0 aliphatic rings. The Morgan fingerprint density at radius 2 is 2.00 bits per heavy atom. The van der Waals surface area contributed by atoms with Crippen LogP contribution in [0.15, 0.2) is 18.2 Å². The van der Waals surface area contributed by atoms with E-state index in [0.717, 1.165) is 12.0 Å². The highest BCUT2D eigenvalue weighted by atomic mass is 16.1. The molecule has 1 amide bonds. The molecule has 0 aliphatic heterocycles. The summed E-state index contributed by atoms with van der Waals surface area (Å²) in [6, 6.07) is 6.45. The molecule has 1 rings (SSSR count). The van der Waals surface area contributed by atoms with Crippen LogP contribution in [-0.2, 0) is 11.2 Å². The van der Waals surface area contributed by atoms with E-state index in [4.69, 9.17) is 0 Å². The van der Waals surface area contributed by atoms with Gasteiger partial charge in [-0.3, -0.25) is 4.79 Å². The summed E-state index contributed by atoms with van der Waals surface area (Å²) in [6.45, 7) is 8.25. The first kappa shape index (κ1) is 12.8. The van der Waals surface area contributed by atoms with Crippen LogP contribution in [0.1, 0.15) is 37.0 Å². The Bertz CT molecular complexity index is 371. The minimum Gasteiger partial charge on any atom is -0.353 e. The minimum absolute atomic E-state index is 0.109. The molecule has 88 valence electrons. The van der Waals surface area contributed by atoms with Gasteiger partial charge in [0.1, 0.15) is 0 Å². The van der Waals surface area contributed by atoms with Crippen molar-refractivity contribution in [2.24, 2.45) is 0 Å². The summed E-state index contributed by atoms with van der Waals surface area (Å²) in [5.41, 5.74) is 3.60. The maximum Gasteiger partial charge on any atom is 0.224 e. The maximum atomic E-state index is 11.7. The van der Waals surface area contributed by atoms with Crippen molar-refractivity contribution < 1.29 is 4.79 Å². The Morgan fingerprint density at radius 1 is 1.31 bits per heavy atom. The SMILES string of the molecule is CC[C@H](C)NC(=O)Cc1ccc(C)c(C)c1. The van der Waals surface area contributed by atoms with Gasteiger partial charge in [-0.2, -0.15) is 0 Å². The van der Waals surface area contributed by atoms with Crippen molar-refractivity contribution in [3.05, 3.63) is 34.9 Å². The lowest BCUT2D eigenvalue weighted by atomic mass is 10.0. The highest BCUT2D eigenvalue weighted by Gasteiger charge is 2.06. The van der Waals surface area contributed by atoms with Gasteiger partial charge >= 0.3 is 0 Å². The first-order valence-electron chi connectivity index (χ1n) is 5.88. The summed E-state index contributed by atoms with van der Waals surface area (Å²) in [4.78, 5) is 11.7. The summed E-state index contributed by atoms with van der Waals surface area (Å²) in [7, 11) is 0. The molecule has 1 aromatic carbocycles. The van der Waals surface area contributed by atoms with Crippen molar-refractivity contribution >= 4 is 5.91 Å². The number of carbonyl (C=O) groups is 1. The fourth-order valence-corrected chi connectivity index (χ4v) is 1.53. The highest BCUT2D eigenvalue weighted by Crippen LogP contribution is 2.10. The normalized spacial score (nSPS) is 12.2. The predicted octanol–water partition coefficient (Wildman–Crippen LogP) is 2.76. The number of benzene rings is 1. The Kier molecular flexibility index (Phi) is 4.53. The fourth-order valence-electron chi connectivity index (χ4n) is 1.53. The largest absolute Gasteiger partial charge is 0.353 e. The highest BCUT2D eigenvalue weighted by molar-refractivity contribution is 5.78. The van der Waals surface area contributed by atoms with Gasteiger partial charge in [-0.05, 0) is 43.9 Å². The van der Waals surface area contributed by atoms with Crippen molar-refractivity contribution in [1.29, 1.82) is 0 Å². The second kappa shape index (κ2) is 5.69. The Balaban J connectivity index is 2.59. The first-order valence-corrected chi connectivity index (χ1v) is 5.88. The molecule has 0 aromatic heterocycles. The molecule has 16 heavy (non-hydrogen) atoms. The molecule has 0 heterocycles. The number of aryl methyl sites for hydroxylation is 2. The van der Waals surface area contributed by atoms with E-state index in [1.165, 1.54) is 11.1 Å². The molecule has 2 heteroatoms. The average molecular weight is 219 g/mol. The van der Waals surface area contributed by atoms with Gasteiger partial charge in [0, 0.05) is 6.04 Å². The van der Waals surface area contributed by atoms with Gasteiger partial charge in [-0.15, -0.1) is 0 Å². The van der Waals surface area contributed by atoms with E-state index < -0.39 is 0 Å². The molecule has 1 atom stereocenters. The fraction of sp³-hybridized carbons (Fsp3) is 0.500. The van der Waals surface area contributed by atoms with E-state index >= 15 is 0 Å². The van der Waals surface area contributed by atoms with Crippen LogP contribution in [0.4, 0.5) is 0 Å². The Labute approximate surface area is 98.1 Å². The van der Waals surface area contributed by atoms with Gasteiger partial charge in [0.2, 0.25) is 5.91 Å². The predicted molar refractivity (Wildman–Crippen MR) is 67.5 cm³/mol. The number of rotatable bonds is 4. The molecular formula is C14H21NO. The summed E-state index contributed by atoms with van der Waals surface area (Å²) in [5.74, 6) is 0.109. The van der Waals surface area contributed by atoms with E-state index in [2.05, 4.69) is 38.2 Å².